The lowest BCUT2D eigenvalue weighted by Gasteiger charge is -2.49. The summed E-state index contributed by atoms with van der Waals surface area (Å²) in [6.07, 6.45) is -7.51. The van der Waals surface area contributed by atoms with Gasteiger partial charge in [0.1, 0.15) is 48.8 Å². The van der Waals surface area contributed by atoms with Crippen molar-refractivity contribution in [2.75, 3.05) is 64.7 Å². The van der Waals surface area contributed by atoms with Gasteiger partial charge in [0.2, 0.25) is 10.0 Å². The van der Waals surface area contributed by atoms with Crippen LogP contribution in [0.4, 0.5) is 10.1 Å². The zero-order valence-corrected chi connectivity index (χ0v) is 48.7. The molecular weight excluding hydrogens is 1020 g/mol. The molecule has 77 heavy (non-hydrogen) atoms. The fourth-order valence-corrected chi connectivity index (χ4v) is 13.9. The highest BCUT2D eigenvalue weighted by molar-refractivity contribution is 7.93. The number of nitrogens with one attached hydrogen (secondary N) is 2. The van der Waals surface area contributed by atoms with Crippen molar-refractivity contribution in [3.05, 3.63) is 41.7 Å². The number of aliphatic hydroxyl groups is 5. The fraction of sp³-hybridized carbons (Fsp3) is 0.833. The molecule has 4 fully saturated rings. The maximum Gasteiger partial charge on any atom is 0.311 e. The second-order valence-corrected chi connectivity index (χ2v) is 25.5. The normalized spacial score (nSPS) is 40.8. The Bertz CT molecular complexity index is 2220. The van der Waals surface area contributed by atoms with Crippen LogP contribution in [-0.2, 0) is 48.0 Å². The van der Waals surface area contributed by atoms with Crippen molar-refractivity contribution in [1.29, 1.82) is 0 Å². The Kier molecular flexibility index (Phi) is 21.3. The molecule has 7 N–H and O–H groups in total. The summed E-state index contributed by atoms with van der Waals surface area (Å²) in [6, 6.07) is 5.05. The van der Waals surface area contributed by atoms with Gasteiger partial charge >= 0.3 is 5.97 Å². The number of hydrogen-bond donors (Lipinski definition) is 7. The van der Waals surface area contributed by atoms with E-state index in [2.05, 4.69) is 11.0 Å². The number of cyclic esters (lactones) is 1. The molecule has 0 amide bonds. The molecule has 4 saturated heterocycles. The van der Waals surface area contributed by atoms with Gasteiger partial charge in [-0.2, -0.15) is 0 Å². The first-order chi connectivity index (χ1) is 36.0. The van der Waals surface area contributed by atoms with Crippen LogP contribution >= 0.6 is 0 Å². The molecule has 23 heteroatoms. The lowest BCUT2D eigenvalue weighted by molar-refractivity contribution is -0.318. The Labute approximate surface area is 456 Å². The van der Waals surface area contributed by atoms with Crippen LogP contribution in [0.3, 0.4) is 0 Å². The molecule has 0 unspecified atom stereocenters. The Balaban J connectivity index is 1.24. The lowest BCUT2D eigenvalue weighted by atomic mass is 9.77. The predicted octanol–water partition coefficient (Wildman–Crippen LogP) is 3.09. The molecule has 21 nitrogen and oxygen atoms in total. The number of anilines is 1. The van der Waals surface area contributed by atoms with Crippen LogP contribution in [0.25, 0.3) is 0 Å². The average molecular weight is 1120 g/mol. The second-order valence-electron chi connectivity index (χ2n) is 23.4. The molecule has 5 aliphatic rings. The summed E-state index contributed by atoms with van der Waals surface area (Å²) in [5.41, 5.74) is 3.55. The number of likely N-dealkylation sites (N-methyl/N-ethyl adjacent to an activating group) is 2. The number of methoxy groups -OCH3 is 2. The Morgan fingerprint density at radius 2 is 1.65 bits per heavy atom. The monoisotopic (exact) mass is 1120 g/mol. The number of carbonyl (C=O) groups is 1. The topological polar surface area (TPSA) is 254 Å². The second kappa shape index (κ2) is 25.9. The van der Waals surface area contributed by atoms with Crippen LogP contribution in [0.1, 0.15) is 119 Å². The van der Waals surface area contributed by atoms with E-state index in [4.69, 9.17) is 33.2 Å². The number of hydrogen-bond acceptors (Lipinski definition) is 20. The minimum absolute atomic E-state index is 0.0764. The highest BCUT2D eigenvalue weighted by Gasteiger charge is 2.53. The standard InChI is InChI=1S/C54H93FN6O15S/c1-15-42-54(10,67)47(63)35(6)59(12)29-31(2)26-52(8,66)49(33(4)45(34(5)50(65)74-42)75-43-27-53(9,71-14)48(64)36(7)73-43)76-51-44(62)40(25-32(3)72-51)58(11)23-21-38-30-60(57-56-38)41(28-55)46(70-13)37-17-19-39(20-18-37)61-22-16-24-77(61,68)69/h17-20,30-36,40-49,51,56-57,62-64,66-67H,15-16,21-29H2,1-14H3/t31-,32-,33+,34-,35-,36+,40+,41-,42-,43+,44-,45+,46-,47-,48+,49-,51+,52-,53-,54-/m1/s1. The van der Waals surface area contributed by atoms with Crippen LogP contribution in [0.5, 0.6) is 0 Å². The number of hydrazine groups is 2. The molecule has 0 bridgehead atoms. The van der Waals surface area contributed by atoms with Crippen molar-refractivity contribution in [1.82, 2.24) is 25.8 Å². The molecule has 6 rings (SSSR count). The summed E-state index contributed by atoms with van der Waals surface area (Å²) in [5, 5.41) is 61.5. The molecule has 0 aliphatic carbocycles. The van der Waals surface area contributed by atoms with Gasteiger partial charge in [-0.25, -0.2) is 12.8 Å². The number of halogens is 1. The largest absolute Gasteiger partial charge is 0.459 e. The van der Waals surface area contributed by atoms with E-state index in [9.17, 15) is 43.1 Å². The van der Waals surface area contributed by atoms with Crippen molar-refractivity contribution in [2.45, 2.75) is 210 Å². The van der Waals surface area contributed by atoms with Gasteiger partial charge in [-0.05, 0) is 112 Å². The summed E-state index contributed by atoms with van der Waals surface area (Å²) in [6.45, 7) is 17.8. The minimum Gasteiger partial charge on any atom is -0.459 e. The zero-order valence-electron chi connectivity index (χ0n) is 47.9. The van der Waals surface area contributed by atoms with Crippen molar-refractivity contribution < 1.29 is 76.3 Å². The summed E-state index contributed by atoms with van der Waals surface area (Å²) < 4.78 is 85.6. The van der Waals surface area contributed by atoms with Crippen molar-refractivity contribution in [2.24, 2.45) is 17.8 Å². The molecule has 0 spiro atoms. The first-order valence-electron chi connectivity index (χ1n) is 27.5. The van der Waals surface area contributed by atoms with E-state index in [0.717, 1.165) is 5.70 Å². The van der Waals surface area contributed by atoms with Gasteiger partial charge in [0, 0.05) is 76.6 Å². The molecule has 442 valence electrons. The number of rotatable bonds is 16. The summed E-state index contributed by atoms with van der Waals surface area (Å²) in [7, 11) is 3.33. The van der Waals surface area contributed by atoms with Crippen molar-refractivity contribution in [3.63, 3.8) is 0 Å². The summed E-state index contributed by atoms with van der Waals surface area (Å²) in [5.74, 6) is -2.81. The third kappa shape index (κ3) is 14.3. The molecule has 0 aromatic heterocycles. The van der Waals surface area contributed by atoms with Gasteiger partial charge in [0.15, 0.2) is 12.6 Å². The van der Waals surface area contributed by atoms with Crippen LogP contribution in [-0.4, -0.2) is 211 Å². The van der Waals surface area contributed by atoms with E-state index >= 15 is 0 Å². The highest BCUT2D eigenvalue weighted by Crippen LogP contribution is 2.41. The van der Waals surface area contributed by atoms with E-state index in [1.165, 1.54) is 25.4 Å². The summed E-state index contributed by atoms with van der Waals surface area (Å²) >= 11 is 0. The highest BCUT2D eigenvalue weighted by atomic mass is 32.2. The van der Waals surface area contributed by atoms with Gasteiger partial charge in [-0.3, -0.25) is 14.1 Å². The maximum atomic E-state index is 15.0. The average Bonchev–Trinajstić information content (AvgIpc) is 4.01. The number of nitrogens with zero attached hydrogens (tertiary/aromatic N) is 4. The third-order valence-corrected chi connectivity index (χ3v) is 19.1. The van der Waals surface area contributed by atoms with E-state index in [1.54, 1.807) is 83.9 Å². The minimum atomic E-state index is -3.37. The lowest BCUT2D eigenvalue weighted by Crippen LogP contribution is -2.61. The molecule has 20 atom stereocenters. The fourth-order valence-electron chi connectivity index (χ4n) is 12.4. The Morgan fingerprint density at radius 1 is 0.974 bits per heavy atom. The Morgan fingerprint density at radius 3 is 2.25 bits per heavy atom. The number of carbonyl (C=O) groups excluding carboxylic acids is 1. The van der Waals surface area contributed by atoms with Gasteiger partial charge in [-0.15, -0.1) is 5.53 Å². The van der Waals surface area contributed by atoms with Crippen molar-refractivity contribution >= 4 is 21.7 Å². The van der Waals surface area contributed by atoms with Gasteiger partial charge in [-0.1, -0.05) is 32.9 Å². The molecule has 0 radical (unpaired) electrons. The van der Waals surface area contributed by atoms with E-state index < -0.39 is 137 Å². The molecular formula is C54H93FN6O15S. The number of alkyl halides is 1. The quantitative estimate of drug-likeness (QED) is 0.117. The Hall–Kier alpha value is -2.85. The molecule has 5 heterocycles. The zero-order chi connectivity index (χ0) is 57.1. The van der Waals surface area contributed by atoms with Gasteiger partial charge in [0.25, 0.3) is 0 Å². The number of ether oxygens (including phenoxy) is 7. The van der Waals surface area contributed by atoms with Crippen LogP contribution in [0, 0.1) is 17.8 Å². The van der Waals surface area contributed by atoms with Gasteiger partial charge in [0.05, 0.1) is 53.0 Å². The van der Waals surface area contributed by atoms with Gasteiger partial charge < -0.3 is 73.9 Å². The van der Waals surface area contributed by atoms with E-state index in [-0.39, 0.29) is 30.9 Å². The van der Waals surface area contributed by atoms with E-state index in [1.807, 2.05) is 37.7 Å². The smallest absolute Gasteiger partial charge is 0.311 e. The molecule has 0 saturated carbocycles. The summed E-state index contributed by atoms with van der Waals surface area (Å²) in [4.78, 5) is 18.4. The van der Waals surface area contributed by atoms with Crippen LogP contribution in [0.15, 0.2) is 36.2 Å². The first-order valence-corrected chi connectivity index (χ1v) is 29.1. The maximum absolute atomic E-state index is 15.0. The van der Waals surface area contributed by atoms with E-state index in [0.29, 0.717) is 50.1 Å². The SMILES string of the molecule is CC[C@H]1OC(=O)[C@H](C)[C@@H](O[C@H]2C[C@@](C)(OC)[C@@H](O)[C@H](C)O2)[C@H](C)[C@@H](O[C@@H]2O[C@H](C)C[C@H](N(C)CCC3=CN([C@H](CF)[C@H](OC)c4ccc(N5CCCS5(=O)=O)cc4)NN3)[C@H]2O)[C@](C)(O)C[C@@H](C)CN(C)[C@H](C)[C@@H](O)[C@]1(C)O. The predicted molar refractivity (Wildman–Crippen MR) is 286 cm³/mol. The number of aliphatic hydroxyl groups excluding tert-OH is 3. The number of esters is 1. The number of benzene rings is 1. The van der Waals surface area contributed by atoms with Crippen LogP contribution in [0.2, 0.25) is 0 Å². The van der Waals surface area contributed by atoms with Crippen LogP contribution < -0.4 is 15.3 Å². The molecule has 5 aliphatic heterocycles. The first kappa shape index (κ1) is 63.3. The third-order valence-electron chi connectivity index (χ3n) is 17.2. The number of sulfonamides is 1. The molecule has 1 aromatic rings. The molecule has 1 aromatic carbocycles. The van der Waals surface area contributed by atoms with Crippen molar-refractivity contribution in [3.8, 4) is 0 Å².